The lowest BCUT2D eigenvalue weighted by molar-refractivity contribution is 0.0834. The molecular formula is C18H22N4OS. The summed E-state index contributed by atoms with van der Waals surface area (Å²) in [6.45, 7) is 5.00. The molecule has 2 aliphatic heterocycles. The van der Waals surface area contributed by atoms with Crippen LogP contribution >= 0.6 is 11.3 Å². The molecule has 0 amide bonds. The number of aromatic nitrogens is 1. The highest BCUT2D eigenvalue weighted by atomic mass is 32.1. The number of nitrogens with zero attached hydrogens (tertiary/aromatic N) is 3. The monoisotopic (exact) mass is 342 g/mol. The Morgan fingerprint density at radius 1 is 1.42 bits per heavy atom. The van der Waals surface area contributed by atoms with E-state index in [1.807, 2.05) is 18.5 Å². The smallest absolute Gasteiger partial charge is 0.102 e. The fourth-order valence-corrected chi connectivity index (χ4v) is 4.35. The summed E-state index contributed by atoms with van der Waals surface area (Å²) in [5, 5.41) is 16.5. The third-order valence-electron chi connectivity index (χ3n) is 4.84. The van der Waals surface area contributed by atoms with Crippen molar-refractivity contribution in [1.82, 2.24) is 14.8 Å². The molecule has 4 rings (SSSR count). The van der Waals surface area contributed by atoms with E-state index in [1.54, 1.807) is 11.3 Å². The maximum absolute atomic E-state index is 9.72. The van der Waals surface area contributed by atoms with Crippen LogP contribution < -0.4 is 15.9 Å². The molecule has 5 nitrogen and oxygen atoms in total. The Kier molecular flexibility index (Phi) is 4.04. The summed E-state index contributed by atoms with van der Waals surface area (Å²) in [5.41, 5.74) is 2.39. The molecule has 0 aliphatic carbocycles. The van der Waals surface area contributed by atoms with Crippen LogP contribution in [0.15, 0.2) is 24.4 Å². The molecule has 2 aromatic rings. The quantitative estimate of drug-likeness (QED) is 0.826. The van der Waals surface area contributed by atoms with E-state index in [-0.39, 0.29) is 12.6 Å². The Morgan fingerprint density at radius 3 is 3.12 bits per heavy atom. The highest BCUT2D eigenvalue weighted by molar-refractivity contribution is 7.16. The second kappa shape index (κ2) is 6.20. The van der Waals surface area contributed by atoms with Gasteiger partial charge < -0.3 is 15.3 Å². The largest absolute Gasteiger partial charge is 0.395 e. The zero-order chi connectivity index (χ0) is 16.7. The van der Waals surface area contributed by atoms with Crippen LogP contribution in [0.3, 0.4) is 0 Å². The molecule has 0 saturated carbocycles. The van der Waals surface area contributed by atoms with Crippen LogP contribution in [-0.4, -0.2) is 59.2 Å². The number of hydrogen-bond donors (Lipinski definition) is 2. The van der Waals surface area contributed by atoms with Crippen LogP contribution in [0.5, 0.6) is 0 Å². The normalized spacial score (nSPS) is 20.7. The van der Waals surface area contributed by atoms with E-state index in [9.17, 15) is 5.11 Å². The van der Waals surface area contributed by atoms with Crippen LogP contribution in [-0.2, 0) is 0 Å². The van der Waals surface area contributed by atoms with Gasteiger partial charge in [-0.3, -0.25) is 9.88 Å². The second-order valence-corrected chi connectivity index (χ2v) is 7.70. The first-order chi connectivity index (χ1) is 11.7. The molecule has 0 radical (unpaired) electrons. The Balaban J connectivity index is 1.91. The predicted octanol–water partition coefficient (Wildman–Crippen LogP) is 0.380. The van der Waals surface area contributed by atoms with Crippen LogP contribution in [0.25, 0.3) is 11.9 Å². The lowest BCUT2D eigenvalue weighted by Gasteiger charge is -2.40. The summed E-state index contributed by atoms with van der Waals surface area (Å²) in [5.74, 6) is 0. The SMILES string of the molecule is Cc1cc2c(s1)NC=c1cccnc1=C2N1CCN(C)C(CO)C1. The molecule has 0 spiro atoms. The average molecular weight is 342 g/mol. The number of aliphatic hydroxyl groups is 1. The Morgan fingerprint density at radius 2 is 2.29 bits per heavy atom. The number of aliphatic hydroxyl groups excluding tert-OH is 1. The van der Waals surface area contributed by atoms with E-state index >= 15 is 0 Å². The summed E-state index contributed by atoms with van der Waals surface area (Å²) in [4.78, 5) is 10.6. The first-order valence-corrected chi connectivity index (χ1v) is 9.08. The minimum absolute atomic E-state index is 0.154. The minimum atomic E-state index is 0.154. The van der Waals surface area contributed by atoms with Crippen molar-refractivity contribution in [3.05, 3.63) is 45.4 Å². The predicted molar refractivity (Wildman–Crippen MR) is 98.2 cm³/mol. The Bertz CT molecular complexity index is 875. The second-order valence-electron chi connectivity index (χ2n) is 6.44. The van der Waals surface area contributed by atoms with Crippen molar-refractivity contribution in [2.24, 2.45) is 0 Å². The van der Waals surface area contributed by atoms with Crippen LogP contribution in [0.4, 0.5) is 5.00 Å². The summed E-state index contributed by atoms with van der Waals surface area (Å²) < 4.78 is 0. The van der Waals surface area contributed by atoms with Crippen LogP contribution in [0, 0.1) is 6.92 Å². The standard InChI is InChI=1S/C18H22N4OS/c1-12-8-15-17(22-7-6-21(2)14(10-22)11-23)16-13(4-3-5-19-16)9-20-18(15)24-12/h3-5,8-9,14,20,23H,6-7,10-11H2,1-2H3. The third kappa shape index (κ3) is 2.60. The molecule has 0 bridgehead atoms. The van der Waals surface area contributed by atoms with Gasteiger partial charge in [0.1, 0.15) is 5.00 Å². The van der Waals surface area contributed by atoms with E-state index in [1.165, 1.54) is 21.1 Å². The van der Waals surface area contributed by atoms with Gasteiger partial charge >= 0.3 is 0 Å². The molecule has 2 aromatic heterocycles. The summed E-state index contributed by atoms with van der Waals surface area (Å²) in [7, 11) is 2.08. The van der Waals surface area contributed by atoms with Crippen molar-refractivity contribution in [3.63, 3.8) is 0 Å². The van der Waals surface area contributed by atoms with Crippen LogP contribution in [0.1, 0.15) is 10.4 Å². The van der Waals surface area contributed by atoms with Gasteiger partial charge in [-0.05, 0) is 32.2 Å². The number of aryl methyl sites for hydroxylation is 1. The van der Waals surface area contributed by atoms with Gasteiger partial charge in [0.25, 0.3) is 0 Å². The number of rotatable bonds is 2. The van der Waals surface area contributed by atoms with Crippen molar-refractivity contribution in [2.45, 2.75) is 13.0 Å². The Labute approximate surface area is 145 Å². The Hall–Kier alpha value is -1.89. The number of likely N-dealkylation sites (N-methyl/N-ethyl adjacent to an activating group) is 1. The zero-order valence-corrected chi connectivity index (χ0v) is 14.8. The lowest BCUT2D eigenvalue weighted by Crippen LogP contribution is -2.53. The molecule has 4 heterocycles. The lowest BCUT2D eigenvalue weighted by atomic mass is 10.1. The number of anilines is 1. The number of fused-ring (bicyclic) bond motifs is 2. The van der Waals surface area contributed by atoms with Crippen molar-refractivity contribution in [1.29, 1.82) is 0 Å². The van der Waals surface area contributed by atoms with Crippen molar-refractivity contribution in [3.8, 4) is 0 Å². The molecule has 0 aromatic carbocycles. The van der Waals surface area contributed by atoms with Gasteiger partial charge in [0.2, 0.25) is 0 Å². The summed E-state index contributed by atoms with van der Waals surface area (Å²) >= 11 is 1.77. The molecule has 1 unspecified atom stereocenters. The average Bonchev–Trinajstić information content (AvgIpc) is 2.89. The highest BCUT2D eigenvalue weighted by Gasteiger charge is 2.28. The van der Waals surface area contributed by atoms with Gasteiger partial charge in [-0.25, -0.2) is 0 Å². The van der Waals surface area contributed by atoms with Gasteiger partial charge in [0.15, 0.2) is 0 Å². The summed E-state index contributed by atoms with van der Waals surface area (Å²) in [6, 6.07) is 6.46. The van der Waals surface area contributed by atoms with Crippen LogP contribution in [0.2, 0.25) is 0 Å². The van der Waals surface area contributed by atoms with Gasteiger partial charge in [-0.1, -0.05) is 0 Å². The first-order valence-electron chi connectivity index (χ1n) is 8.26. The number of thiophene rings is 1. The third-order valence-corrected chi connectivity index (χ3v) is 5.82. The number of piperazine rings is 1. The molecule has 1 atom stereocenters. The molecular weight excluding hydrogens is 320 g/mol. The van der Waals surface area contributed by atoms with Crippen molar-refractivity contribution >= 4 is 28.2 Å². The maximum atomic E-state index is 9.72. The fraction of sp³-hybridized carbons (Fsp3) is 0.389. The molecule has 1 saturated heterocycles. The topological polar surface area (TPSA) is 51.6 Å². The van der Waals surface area contributed by atoms with Gasteiger partial charge in [-0.15, -0.1) is 11.3 Å². The highest BCUT2D eigenvalue weighted by Crippen LogP contribution is 2.34. The maximum Gasteiger partial charge on any atom is 0.102 e. The molecule has 1 fully saturated rings. The van der Waals surface area contributed by atoms with E-state index in [0.717, 1.165) is 30.2 Å². The van der Waals surface area contributed by atoms with E-state index in [4.69, 9.17) is 4.98 Å². The molecule has 6 heteroatoms. The van der Waals surface area contributed by atoms with E-state index < -0.39 is 0 Å². The van der Waals surface area contributed by atoms with Crippen molar-refractivity contribution < 1.29 is 5.11 Å². The number of pyridine rings is 1. The van der Waals surface area contributed by atoms with Gasteiger partial charge in [0, 0.05) is 47.7 Å². The number of nitrogens with one attached hydrogen (secondary N) is 1. The summed E-state index contributed by atoms with van der Waals surface area (Å²) in [6.07, 6.45) is 3.90. The van der Waals surface area contributed by atoms with E-state index in [2.05, 4.69) is 41.2 Å². The number of hydrogen-bond acceptors (Lipinski definition) is 6. The molecule has 2 aliphatic rings. The van der Waals surface area contributed by atoms with Gasteiger partial charge in [0.05, 0.1) is 23.7 Å². The molecule has 126 valence electrons. The fourth-order valence-electron chi connectivity index (χ4n) is 3.47. The molecule has 24 heavy (non-hydrogen) atoms. The molecule has 2 N–H and O–H groups in total. The first kappa shape index (κ1) is 15.6. The van der Waals surface area contributed by atoms with Crippen molar-refractivity contribution in [2.75, 3.05) is 38.6 Å². The van der Waals surface area contributed by atoms with E-state index in [0.29, 0.717) is 0 Å². The zero-order valence-electron chi connectivity index (χ0n) is 14.0. The van der Waals surface area contributed by atoms with Gasteiger partial charge in [-0.2, -0.15) is 0 Å². The minimum Gasteiger partial charge on any atom is -0.395 e.